The third-order valence-electron chi connectivity index (χ3n) is 18.8. The average molecular weight is 1120 g/mol. The number of hydrogen-bond acceptors (Lipinski definition) is 0. The van der Waals surface area contributed by atoms with E-state index in [0.29, 0.717) is 0 Å². The van der Waals surface area contributed by atoms with E-state index in [1.807, 2.05) is 0 Å². The molecule has 0 heteroatoms. The van der Waals surface area contributed by atoms with E-state index in [9.17, 15) is 0 Å². The Labute approximate surface area is 512 Å². The smallest absolute Gasteiger partial charge is 0.0107 e. The molecule has 0 fully saturated rings. The molecule has 462 valence electrons. The molecule has 0 saturated carbocycles. The largest absolute Gasteiger partial charge is 0.0654 e. The standard InChI is InChI=1S/C82H134/c1-26-29-31-33-35-37-39-41-43-45-47-50-62-56-69(81(20,21)22)75(73-65(77(8,9)10)52-58(4)53-66(73)78(11,12)13)71(60(62)6)64(49-28-3)72-61(7)63(51-48-46-44-42-40-38-36-34-32-30-27-2)57-70(82(23,24)25)76(72)74-67(79(14,15)16)54-59(5)55-68(74)80(17,18)19/h52-57,64H,26-51H2,1-25H3. The van der Waals surface area contributed by atoms with Gasteiger partial charge in [0, 0.05) is 5.92 Å². The van der Waals surface area contributed by atoms with Crippen molar-refractivity contribution in [2.45, 2.75) is 378 Å². The highest BCUT2D eigenvalue weighted by molar-refractivity contribution is 5.87. The van der Waals surface area contributed by atoms with E-state index >= 15 is 0 Å². The lowest BCUT2D eigenvalue weighted by Crippen LogP contribution is -2.26. The second-order valence-electron chi connectivity index (χ2n) is 32.9. The summed E-state index contributed by atoms with van der Waals surface area (Å²) in [6, 6.07) is 15.9. The number of hydrogen-bond donors (Lipinski definition) is 0. The topological polar surface area (TPSA) is 0 Å². The van der Waals surface area contributed by atoms with Crippen molar-refractivity contribution in [2.24, 2.45) is 0 Å². The molecule has 0 aliphatic heterocycles. The first-order valence-corrected chi connectivity index (χ1v) is 34.8. The van der Waals surface area contributed by atoms with E-state index in [-0.39, 0.29) is 38.4 Å². The van der Waals surface area contributed by atoms with Crippen LogP contribution in [0.5, 0.6) is 0 Å². The number of benzene rings is 4. The van der Waals surface area contributed by atoms with Crippen molar-refractivity contribution in [3.8, 4) is 22.3 Å². The van der Waals surface area contributed by atoms with Crippen LogP contribution in [-0.2, 0) is 45.3 Å². The summed E-state index contributed by atoms with van der Waals surface area (Å²) in [4.78, 5) is 0. The molecule has 0 aromatic heterocycles. The third kappa shape index (κ3) is 19.7. The van der Waals surface area contributed by atoms with Crippen LogP contribution in [0.2, 0.25) is 0 Å². The Morgan fingerprint density at radius 2 is 0.488 bits per heavy atom. The molecule has 0 N–H and O–H groups in total. The summed E-state index contributed by atoms with van der Waals surface area (Å²) < 4.78 is 0. The summed E-state index contributed by atoms with van der Waals surface area (Å²) in [5.41, 5.74) is 27.0. The molecular formula is C82H134. The van der Waals surface area contributed by atoms with Gasteiger partial charge >= 0.3 is 0 Å². The van der Waals surface area contributed by atoms with Crippen molar-refractivity contribution in [1.82, 2.24) is 0 Å². The maximum absolute atomic E-state index is 2.76. The van der Waals surface area contributed by atoms with Gasteiger partial charge in [-0.2, -0.15) is 0 Å². The fraction of sp³-hybridized carbons (Fsp3) is 0.707. The highest BCUT2D eigenvalue weighted by Gasteiger charge is 2.39. The summed E-state index contributed by atoms with van der Waals surface area (Å²) in [6.07, 6.45) is 34.6. The third-order valence-corrected chi connectivity index (χ3v) is 18.8. The molecule has 0 radical (unpaired) electrons. The van der Waals surface area contributed by atoms with Crippen LogP contribution in [0.1, 0.15) is 383 Å². The van der Waals surface area contributed by atoms with Crippen LogP contribution < -0.4 is 0 Å². The SMILES string of the molecule is CCCCCCCCCCCCCc1cc(C(C)(C)C)c(-c2c(C(C)(C)C)cc(C)cc2C(C)(C)C)c(C(CCC)c2c(C)c(CCCCCCCCCCCCC)cc(C(C)(C)C)c2-c2c(C(C)(C)C)cc(C)cc2C(C)(C)C)c1C. The van der Waals surface area contributed by atoms with E-state index in [1.165, 1.54) is 186 Å². The first-order valence-electron chi connectivity index (χ1n) is 34.8. The number of unbranched alkanes of at least 4 members (excludes halogenated alkanes) is 20. The van der Waals surface area contributed by atoms with Gasteiger partial charge in [-0.25, -0.2) is 0 Å². The molecule has 0 spiro atoms. The second-order valence-corrected chi connectivity index (χ2v) is 32.9. The Morgan fingerprint density at radius 3 is 0.707 bits per heavy atom. The Kier molecular flexibility index (Phi) is 27.0. The molecule has 0 atom stereocenters. The Bertz CT molecular complexity index is 2340. The number of rotatable bonds is 30. The van der Waals surface area contributed by atoms with Crippen LogP contribution in [-0.4, -0.2) is 0 Å². The fourth-order valence-corrected chi connectivity index (χ4v) is 14.0. The van der Waals surface area contributed by atoms with Crippen molar-refractivity contribution >= 4 is 0 Å². The fourth-order valence-electron chi connectivity index (χ4n) is 14.0. The highest BCUT2D eigenvalue weighted by atomic mass is 14.4. The van der Waals surface area contributed by atoms with Gasteiger partial charge in [0.25, 0.3) is 0 Å². The van der Waals surface area contributed by atoms with Crippen LogP contribution in [0.15, 0.2) is 36.4 Å². The Morgan fingerprint density at radius 1 is 0.268 bits per heavy atom. The van der Waals surface area contributed by atoms with Gasteiger partial charge in [0.1, 0.15) is 0 Å². The quantitative estimate of drug-likeness (QED) is 0.0457. The van der Waals surface area contributed by atoms with Gasteiger partial charge in [0.15, 0.2) is 0 Å². The molecule has 0 unspecified atom stereocenters. The number of aryl methyl sites for hydroxylation is 4. The van der Waals surface area contributed by atoms with Crippen LogP contribution in [0, 0.1) is 27.7 Å². The van der Waals surface area contributed by atoms with Gasteiger partial charge in [-0.1, -0.05) is 328 Å². The molecule has 4 aromatic rings. The molecule has 0 amide bonds. The summed E-state index contributed by atoms with van der Waals surface area (Å²) in [6.45, 7) is 62.1. The van der Waals surface area contributed by atoms with Gasteiger partial charge in [0.2, 0.25) is 0 Å². The molecule has 0 heterocycles. The average Bonchev–Trinajstić information content (AvgIpc) is 2.70. The maximum Gasteiger partial charge on any atom is 0.0107 e. The molecule has 0 aliphatic rings. The predicted molar refractivity (Wildman–Crippen MR) is 372 cm³/mol. The molecule has 0 aliphatic carbocycles. The van der Waals surface area contributed by atoms with Gasteiger partial charge in [-0.3, -0.25) is 0 Å². The normalized spacial score (nSPS) is 13.1. The first kappa shape index (κ1) is 71.4. The zero-order valence-corrected chi connectivity index (χ0v) is 59.4. The Balaban J connectivity index is 2.26. The van der Waals surface area contributed by atoms with Gasteiger partial charge < -0.3 is 0 Å². The maximum atomic E-state index is 2.76. The Hall–Kier alpha value is -3.12. The zero-order valence-electron chi connectivity index (χ0n) is 59.4. The van der Waals surface area contributed by atoms with Crippen LogP contribution in [0.4, 0.5) is 0 Å². The van der Waals surface area contributed by atoms with Gasteiger partial charge in [-0.15, -0.1) is 0 Å². The van der Waals surface area contributed by atoms with E-state index < -0.39 is 0 Å². The van der Waals surface area contributed by atoms with E-state index in [0.717, 1.165) is 25.7 Å². The van der Waals surface area contributed by atoms with Gasteiger partial charge in [-0.05, 0) is 181 Å². The van der Waals surface area contributed by atoms with E-state index in [1.54, 1.807) is 55.6 Å². The minimum Gasteiger partial charge on any atom is -0.0654 e. The van der Waals surface area contributed by atoms with E-state index in [4.69, 9.17) is 0 Å². The summed E-state index contributed by atoms with van der Waals surface area (Å²) in [5.74, 6) is 0.177. The molecule has 4 rings (SSSR count). The molecule has 4 aromatic carbocycles. The monoisotopic (exact) mass is 1120 g/mol. The van der Waals surface area contributed by atoms with Crippen molar-refractivity contribution in [3.63, 3.8) is 0 Å². The lowest BCUT2D eigenvalue weighted by molar-refractivity contribution is 0.548. The summed E-state index contributed by atoms with van der Waals surface area (Å²) in [7, 11) is 0. The minimum absolute atomic E-state index is 0.0732. The van der Waals surface area contributed by atoms with Crippen LogP contribution in [0.3, 0.4) is 0 Å². The van der Waals surface area contributed by atoms with Crippen LogP contribution >= 0.6 is 0 Å². The summed E-state index contributed by atoms with van der Waals surface area (Å²) in [5, 5.41) is 0. The molecule has 0 saturated heterocycles. The molecule has 0 nitrogen and oxygen atoms in total. The molecular weight excluding hydrogens is 985 g/mol. The predicted octanol–water partition coefficient (Wildman–Crippen LogP) is 26.7. The lowest BCUT2D eigenvalue weighted by atomic mass is 9.64. The second kappa shape index (κ2) is 31.0. The van der Waals surface area contributed by atoms with Crippen molar-refractivity contribution in [1.29, 1.82) is 0 Å². The molecule has 0 bridgehead atoms. The van der Waals surface area contributed by atoms with Crippen LogP contribution in [0.25, 0.3) is 22.3 Å². The zero-order chi connectivity index (χ0) is 61.6. The molecule has 82 heavy (non-hydrogen) atoms. The highest BCUT2D eigenvalue weighted by Crippen LogP contribution is 2.56. The van der Waals surface area contributed by atoms with Crippen molar-refractivity contribution in [2.75, 3.05) is 0 Å². The minimum atomic E-state index is -0.100. The van der Waals surface area contributed by atoms with Gasteiger partial charge in [0.05, 0.1) is 0 Å². The van der Waals surface area contributed by atoms with E-state index in [2.05, 4.69) is 209 Å². The van der Waals surface area contributed by atoms with Crippen molar-refractivity contribution in [3.05, 3.63) is 114 Å². The lowest BCUT2D eigenvalue weighted by Gasteiger charge is -2.40. The summed E-state index contributed by atoms with van der Waals surface area (Å²) >= 11 is 0. The van der Waals surface area contributed by atoms with Crippen molar-refractivity contribution < 1.29 is 0 Å². The first-order chi connectivity index (χ1) is 38.1.